The maximum Gasteiger partial charge on any atom is 0.317 e. The summed E-state index contributed by atoms with van der Waals surface area (Å²) in [6.07, 6.45) is 0.638. The number of benzene rings is 2. The number of piperazine rings is 1. The number of urea groups is 1. The molecule has 1 aliphatic heterocycles. The molecule has 30 heavy (non-hydrogen) atoms. The summed E-state index contributed by atoms with van der Waals surface area (Å²) < 4.78 is 32.5. The van der Waals surface area contributed by atoms with Gasteiger partial charge in [-0.25, -0.2) is 13.2 Å². The van der Waals surface area contributed by atoms with Crippen LogP contribution in [0.2, 0.25) is 5.02 Å². The predicted octanol–water partition coefficient (Wildman–Crippen LogP) is 3.13. The average molecular weight is 452 g/mol. The number of halogens is 1. The summed E-state index contributed by atoms with van der Waals surface area (Å²) in [4.78, 5) is 14.3. The molecule has 1 aliphatic rings. The number of aryl methyl sites for hydroxylation is 1. The Kier molecular flexibility index (Phi) is 7.58. The standard InChI is InChI=1S/C21H26ClN3O4S/c1-17-7-9-18(10-8-17)30(27,28)25-14-12-24(13-15-25)21(26)23-11-4-16-29-20-6-3-2-5-19(20)22/h2-3,5-10H,4,11-16H2,1H3,(H,23,26). The normalized spacial score (nSPS) is 15.1. The minimum atomic E-state index is -3.53. The van der Waals surface area contributed by atoms with E-state index in [-0.39, 0.29) is 24.0 Å². The van der Waals surface area contributed by atoms with Crippen molar-refractivity contribution < 1.29 is 17.9 Å². The van der Waals surface area contributed by atoms with Gasteiger partial charge in [0.25, 0.3) is 0 Å². The summed E-state index contributed by atoms with van der Waals surface area (Å²) in [5.74, 6) is 0.622. The number of carbonyl (C=O) groups is 1. The number of amides is 2. The van der Waals surface area contributed by atoms with Crippen LogP contribution in [-0.2, 0) is 10.0 Å². The van der Waals surface area contributed by atoms with Gasteiger partial charge in [-0.2, -0.15) is 4.31 Å². The van der Waals surface area contributed by atoms with Crippen LogP contribution < -0.4 is 10.1 Å². The molecule has 2 aromatic rings. The Morgan fingerprint density at radius 3 is 2.40 bits per heavy atom. The molecule has 0 aliphatic carbocycles. The SMILES string of the molecule is Cc1ccc(S(=O)(=O)N2CCN(C(=O)NCCCOc3ccccc3Cl)CC2)cc1. The van der Waals surface area contributed by atoms with Gasteiger partial charge in [-0.05, 0) is 37.6 Å². The van der Waals surface area contributed by atoms with E-state index in [0.717, 1.165) is 5.56 Å². The molecule has 2 amide bonds. The summed E-state index contributed by atoms with van der Waals surface area (Å²) >= 11 is 6.03. The molecule has 0 atom stereocenters. The number of rotatable bonds is 7. The van der Waals surface area contributed by atoms with E-state index in [1.54, 1.807) is 41.3 Å². The molecule has 7 nitrogen and oxygen atoms in total. The van der Waals surface area contributed by atoms with Crippen LogP contribution >= 0.6 is 11.6 Å². The highest BCUT2D eigenvalue weighted by molar-refractivity contribution is 7.89. The largest absolute Gasteiger partial charge is 0.492 e. The minimum absolute atomic E-state index is 0.194. The molecular formula is C21H26ClN3O4S. The first-order valence-corrected chi connectivity index (χ1v) is 11.7. The van der Waals surface area contributed by atoms with Gasteiger partial charge in [0.05, 0.1) is 16.5 Å². The molecule has 162 valence electrons. The van der Waals surface area contributed by atoms with Crippen molar-refractivity contribution in [1.82, 2.24) is 14.5 Å². The smallest absolute Gasteiger partial charge is 0.317 e. The molecule has 2 aromatic carbocycles. The molecule has 9 heteroatoms. The van der Waals surface area contributed by atoms with Gasteiger partial charge in [-0.3, -0.25) is 0 Å². The first-order valence-electron chi connectivity index (χ1n) is 9.85. The third-order valence-electron chi connectivity index (χ3n) is 4.88. The number of ether oxygens (including phenoxy) is 1. The van der Waals surface area contributed by atoms with Crippen LogP contribution in [0.5, 0.6) is 5.75 Å². The molecule has 0 radical (unpaired) electrons. The van der Waals surface area contributed by atoms with Gasteiger partial charge in [-0.15, -0.1) is 0 Å². The first kappa shape index (κ1) is 22.4. The van der Waals surface area contributed by atoms with Crippen LogP contribution in [-0.4, -0.2) is 63.0 Å². The molecule has 0 bridgehead atoms. The lowest BCUT2D eigenvalue weighted by atomic mass is 10.2. The summed E-state index contributed by atoms with van der Waals surface area (Å²) in [5, 5.41) is 3.41. The molecule has 1 saturated heterocycles. The van der Waals surface area contributed by atoms with Gasteiger partial charge in [0.15, 0.2) is 0 Å². The van der Waals surface area contributed by atoms with E-state index in [9.17, 15) is 13.2 Å². The van der Waals surface area contributed by atoms with Crippen LogP contribution in [0.25, 0.3) is 0 Å². The maximum atomic E-state index is 12.7. The molecule has 1 N–H and O–H groups in total. The van der Waals surface area contributed by atoms with E-state index in [0.29, 0.717) is 43.4 Å². The number of nitrogens with zero attached hydrogens (tertiary/aromatic N) is 2. The lowest BCUT2D eigenvalue weighted by Crippen LogP contribution is -2.53. The zero-order valence-electron chi connectivity index (χ0n) is 16.9. The van der Waals surface area contributed by atoms with Gasteiger partial charge >= 0.3 is 6.03 Å². The van der Waals surface area contributed by atoms with E-state index in [1.807, 2.05) is 19.1 Å². The van der Waals surface area contributed by atoms with E-state index in [1.165, 1.54) is 4.31 Å². The molecule has 0 spiro atoms. The highest BCUT2D eigenvalue weighted by atomic mass is 35.5. The van der Waals surface area contributed by atoms with Gasteiger partial charge in [0, 0.05) is 32.7 Å². The van der Waals surface area contributed by atoms with Crippen LogP contribution in [0.4, 0.5) is 4.79 Å². The highest BCUT2D eigenvalue weighted by Gasteiger charge is 2.29. The monoisotopic (exact) mass is 451 g/mol. The Hall–Kier alpha value is -2.29. The van der Waals surface area contributed by atoms with Crippen molar-refractivity contribution >= 4 is 27.7 Å². The first-order chi connectivity index (χ1) is 14.4. The van der Waals surface area contributed by atoms with Crippen LogP contribution in [0.15, 0.2) is 53.4 Å². The lowest BCUT2D eigenvalue weighted by Gasteiger charge is -2.34. The summed E-state index contributed by atoms with van der Waals surface area (Å²) in [6, 6.07) is 13.9. The second-order valence-electron chi connectivity index (χ2n) is 7.07. The summed E-state index contributed by atoms with van der Waals surface area (Å²) in [5.41, 5.74) is 1.01. The predicted molar refractivity (Wildman–Crippen MR) is 116 cm³/mol. The second-order valence-corrected chi connectivity index (χ2v) is 9.41. The minimum Gasteiger partial charge on any atom is -0.492 e. The Morgan fingerprint density at radius 2 is 1.73 bits per heavy atom. The van der Waals surface area contributed by atoms with Gasteiger partial charge in [0.1, 0.15) is 5.75 Å². The van der Waals surface area contributed by atoms with Crippen molar-refractivity contribution in [2.75, 3.05) is 39.3 Å². The second kappa shape index (κ2) is 10.1. The van der Waals surface area contributed by atoms with Gasteiger partial charge < -0.3 is 15.0 Å². The van der Waals surface area contributed by atoms with Gasteiger partial charge in [0.2, 0.25) is 10.0 Å². The molecule has 1 heterocycles. The van der Waals surface area contributed by atoms with Crippen LogP contribution in [0.1, 0.15) is 12.0 Å². The van der Waals surface area contributed by atoms with Crippen molar-refractivity contribution in [1.29, 1.82) is 0 Å². The fraction of sp³-hybridized carbons (Fsp3) is 0.381. The number of carbonyl (C=O) groups excluding carboxylic acids is 1. The van der Waals surface area contributed by atoms with Crippen LogP contribution in [0, 0.1) is 6.92 Å². The Labute approximate surface area is 182 Å². The molecule has 3 rings (SSSR count). The Bertz CT molecular complexity index is 958. The van der Waals surface area contributed by atoms with E-state index < -0.39 is 10.0 Å². The highest BCUT2D eigenvalue weighted by Crippen LogP contribution is 2.23. The topological polar surface area (TPSA) is 79.0 Å². The van der Waals surface area contributed by atoms with Crippen LogP contribution in [0.3, 0.4) is 0 Å². The van der Waals surface area contributed by atoms with Crippen molar-refractivity contribution in [2.24, 2.45) is 0 Å². The number of para-hydroxylation sites is 1. The average Bonchev–Trinajstić information content (AvgIpc) is 2.75. The van der Waals surface area contributed by atoms with Crippen molar-refractivity contribution in [3.63, 3.8) is 0 Å². The Balaban J connectivity index is 1.40. The zero-order chi connectivity index (χ0) is 21.6. The van der Waals surface area contributed by atoms with Gasteiger partial charge in [-0.1, -0.05) is 41.4 Å². The number of hydrogen-bond donors (Lipinski definition) is 1. The molecule has 1 fully saturated rings. The maximum absolute atomic E-state index is 12.7. The zero-order valence-corrected chi connectivity index (χ0v) is 18.5. The third-order valence-corrected chi connectivity index (χ3v) is 7.10. The third kappa shape index (κ3) is 5.65. The Morgan fingerprint density at radius 1 is 1.07 bits per heavy atom. The molecule has 0 unspecified atom stereocenters. The summed E-state index contributed by atoms with van der Waals surface area (Å²) in [7, 11) is -3.53. The van der Waals surface area contributed by atoms with E-state index in [2.05, 4.69) is 5.32 Å². The summed E-state index contributed by atoms with van der Waals surface area (Å²) in [6.45, 7) is 4.08. The van der Waals surface area contributed by atoms with E-state index in [4.69, 9.17) is 16.3 Å². The number of hydrogen-bond acceptors (Lipinski definition) is 4. The number of nitrogens with one attached hydrogen (secondary N) is 1. The van der Waals surface area contributed by atoms with Crippen molar-refractivity contribution in [2.45, 2.75) is 18.2 Å². The van der Waals surface area contributed by atoms with Crippen molar-refractivity contribution in [3.8, 4) is 5.75 Å². The van der Waals surface area contributed by atoms with E-state index >= 15 is 0 Å². The molecular weight excluding hydrogens is 426 g/mol. The van der Waals surface area contributed by atoms with Crippen molar-refractivity contribution in [3.05, 3.63) is 59.1 Å². The number of sulfonamides is 1. The fourth-order valence-corrected chi connectivity index (χ4v) is 4.73. The molecule has 0 aromatic heterocycles. The fourth-order valence-electron chi connectivity index (χ4n) is 3.11. The quantitative estimate of drug-likeness (QED) is 0.656. The molecule has 0 saturated carbocycles. The lowest BCUT2D eigenvalue weighted by molar-refractivity contribution is 0.171.